The first-order valence-electron chi connectivity index (χ1n) is 3.61. The molecule has 7 nitrogen and oxygen atoms in total. The van der Waals surface area contributed by atoms with Gasteiger partial charge in [-0.15, -0.1) is 0 Å². The number of aromatic nitrogens is 1. The second-order valence-electron chi connectivity index (χ2n) is 2.43. The predicted molar refractivity (Wildman–Crippen MR) is 47.3 cm³/mol. The van der Waals surface area contributed by atoms with Crippen molar-refractivity contribution in [2.24, 2.45) is 0 Å². The summed E-state index contributed by atoms with van der Waals surface area (Å²) in [6.45, 7) is 0. The quantitative estimate of drug-likeness (QED) is 0.354. The number of hydrogen-bond acceptors (Lipinski definition) is 6. The van der Waals surface area contributed by atoms with Gasteiger partial charge in [0.15, 0.2) is 0 Å². The lowest BCUT2D eigenvalue weighted by Crippen LogP contribution is -2.30. The maximum Gasteiger partial charge on any atom is 0.489 e. The van der Waals surface area contributed by atoms with Crippen LogP contribution in [0.15, 0.2) is 12.1 Å². The number of ether oxygens (including phenoxy) is 1. The van der Waals surface area contributed by atoms with Crippen molar-refractivity contribution >= 4 is 18.4 Å². The monoisotopic (exact) mass is 198 g/mol. The number of nitro groups is 1. The van der Waals surface area contributed by atoms with Crippen molar-refractivity contribution in [1.29, 1.82) is 0 Å². The van der Waals surface area contributed by atoms with Gasteiger partial charge in [-0.3, -0.25) is 0 Å². The summed E-state index contributed by atoms with van der Waals surface area (Å²) in [7, 11) is -0.509. The molecule has 0 saturated heterocycles. The average molecular weight is 198 g/mol. The fraction of sp³-hybridized carbons (Fsp3) is 0.167. The molecule has 0 unspecified atom stereocenters. The minimum Gasteiger partial charge on any atom is -0.463 e. The van der Waals surface area contributed by atoms with E-state index in [-0.39, 0.29) is 11.3 Å². The molecule has 0 saturated carbocycles. The Morgan fingerprint density at radius 2 is 2.21 bits per heavy atom. The molecule has 0 bridgehead atoms. The van der Waals surface area contributed by atoms with Crippen LogP contribution in [0.3, 0.4) is 0 Å². The first-order chi connectivity index (χ1) is 6.54. The van der Waals surface area contributed by atoms with Crippen molar-refractivity contribution < 1.29 is 19.7 Å². The molecule has 0 fully saturated rings. The lowest BCUT2D eigenvalue weighted by molar-refractivity contribution is -0.389. The zero-order chi connectivity index (χ0) is 10.7. The van der Waals surface area contributed by atoms with Gasteiger partial charge in [-0.2, -0.15) is 0 Å². The van der Waals surface area contributed by atoms with Gasteiger partial charge < -0.3 is 24.9 Å². The molecule has 8 heteroatoms. The van der Waals surface area contributed by atoms with Gasteiger partial charge in [0.2, 0.25) is 0 Å². The molecule has 0 aromatic carbocycles. The highest BCUT2D eigenvalue weighted by molar-refractivity contribution is 6.58. The largest absolute Gasteiger partial charge is 0.489 e. The van der Waals surface area contributed by atoms with E-state index in [1.165, 1.54) is 13.2 Å². The van der Waals surface area contributed by atoms with Crippen LogP contribution in [0.5, 0.6) is 5.88 Å². The zero-order valence-electron chi connectivity index (χ0n) is 7.25. The molecule has 0 radical (unpaired) electrons. The topological polar surface area (TPSA) is 106 Å². The number of nitrogens with zero attached hydrogens (tertiary/aromatic N) is 2. The molecule has 1 aromatic rings. The Morgan fingerprint density at radius 3 is 2.64 bits per heavy atom. The second-order valence-corrected chi connectivity index (χ2v) is 2.43. The summed E-state index contributed by atoms with van der Waals surface area (Å²) < 4.78 is 4.66. The Balaban J connectivity index is 3.20. The molecule has 74 valence electrons. The van der Waals surface area contributed by atoms with Gasteiger partial charge in [-0.1, -0.05) is 0 Å². The second kappa shape index (κ2) is 4.03. The summed E-state index contributed by atoms with van der Waals surface area (Å²) in [5.41, 5.74) is -0.0384. The molecule has 2 N–H and O–H groups in total. The molecule has 0 spiro atoms. The standard InChI is InChI=1S/C6H7BN2O5/c1-14-6-3-4(7(10)11)2-5(8-6)9(12)13/h2-3,10-11H,1H3. The van der Waals surface area contributed by atoms with E-state index in [1.807, 2.05) is 0 Å². The van der Waals surface area contributed by atoms with Gasteiger partial charge in [-0.05, 0) is 10.4 Å². The van der Waals surface area contributed by atoms with Crippen LogP contribution in [0.1, 0.15) is 0 Å². The predicted octanol–water partition coefficient (Wildman–Crippen LogP) is -1.32. The zero-order valence-corrected chi connectivity index (χ0v) is 7.25. The Bertz CT molecular complexity index is 356. The Hall–Kier alpha value is -1.67. The van der Waals surface area contributed by atoms with Crippen LogP contribution in [-0.2, 0) is 0 Å². The SMILES string of the molecule is COc1cc(B(O)O)cc([N+](=O)[O-])n1. The summed E-state index contributed by atoms with van der Waals surface area (Å²) in [5.74, 6) is -0.533. The van der Waals surface area contributed by atoms with Gasteiger partial charge in [0, 0.05) is 17.1 Å². The highest BCUT2D eigenvalue weighted by atomic mass is 16.6. The molecule has 0 aliphatic heterocycles. The van der Waals surface area contributed by atoms with Crippen LogP contribution in [0.2, 0.25) is 0 Å². The lowest BCUT2D eigenvalue weighted by Gasteiger charge is -2.00. The Labute approximate surface area is 79.3 Å². The van der Waals surface area contributed by atoms with Crippen molar-refractivity contribution in [1.82, 2.24) is 4.98 Å². The van der Waals surface area contributed by atoms with Crippen molar-refractivity contribution in [3.05, 3.63) is 22.2 Å². The Kier molecular flexibility index (Phi) is 3.00. The number of rotatable bonds is 3. The fourth-order valence-corrected chi connectivity index (χ4v) is 0.858. The molecular formula is C6H7BN2O5. The summed E-state index contributed by atoms with van der Waals surface area (Å²) in [5, 5.41) is 28.0. The van der Waals surface area contributed by atoms with Gasteiger partial charge in [0.1, 0.15) is 0 Å². The third-order valence-electron chi connectivity index (χ3n) is 1.50. The lowest BCUT2D eigenvalue weighted by atomic mass is 9.81. The number of hydrogen-bond donors (Lipinski definition) is 2. The van der Waals surface area contributed by atoms with Crippen LogP contribution >= 0.6 is 0 Å². The summed E-state index contributed by atoms with van der Waals surface area (Å²) in [6, 6.07) is 2.17. The minimum absolute atomic E-state index is 0.0384. The van der Waals surface area contributed by atoms with E-state index >= 15 is 0 Å². The molecule has 1 heterocycles. The smallest absolute Gasteiger partial charge is 0.463 e. The summed E-state index contributed by atoms with van der Waals surface area (Å²) in [4.78, 5) is 13.1. The average Bonchev–Trinajstić information content (AvgIpc) is 2.16. The molecule has 1 rings (SSSR count). The third kappa shape index (κ3) is 2.18. The molecule has 0 aliphatic rings. The van der Waals surface area contributed by atoms with Crippen molar-refractivity contribution in [3.63, 3.8) is 0 Å². The van der Waals surface area contributed by atoms with Gasteiger partial charge in [-0.25, -0.2) is 0 Å². The maximum atomic E-state index is 10.4. The third-order valence-corrected chi connectivity index (χ3v) is 1.50. The van der Waals surface area contributed by atoms with E-state index in [2.05, 4.69) is 9.72 Å². The van der Waals surface area contributed by atoms with Crippen LogP contribution in [0.25, 0.3) is 0 Å². The maximum absolute atomic E-state index is 10.4. The van der Waals surface area contributed by atoms with Gasteiger partial charge >= 0.3 is 18.8 Å². The van der Waals surface area contributed by atoms with E-state index in [4.69, 9.17) is 10.0 Å². The fourth-order valence-electron chi connectivity index (χ4n) is 0.858. The minimum atomic E-state index is -1.79. The first kappa shape index (κ1) is 10.4. The van der Waals surface area contributed by atoms with Crippen molar-refractivity contribution in [2.75, 3.05) is 7.11 Å². The highest BCUT2D eigenvalue weighted by Gasteiger charge is 2.20. The molecule has 0 amide bonds. The number of methoxy groups -OCH3 is 1. The van der Waals surface area contributed by atoms with Crippen LogP contribution in [0, 0.1) is 10.1 Å². The van der Waals surface area contributed by atoms with Crippen LogP contribution < -0.4 is 10.2 Å². The summed E-state index contributed by atoms with van der Waals surface area (Å²) >= 11 is 0. The van der Waals surface area contributed by atoms with Crippen molar-refractivity contribution in [3.8, 4) is 5.88 Å². The molecule has 0 aliphatic carbocycles. The molecule has 0 atom stereocenters. The van der Waals surface area contributed by atoms with Crippen LogP contribution in [-0.4, -0.2) is 34.2 Å². The van der Waals surface area contributed by atoms with Crippen LogP contribution in [0.4, 0.5) is 5.82 Å². The van der Waals surface area contributed by atoms with E-state index in [0.29, 0.717) is 0 Å². The van der Waals surface area contributed by atoms with E-state index < -0.39 is 17.9 Å². The highest BCUT2D eigenvalue weighted by Crippen LogP contribution is 2.11. The Morgan fingerprint density at radius 1 is 1.57 bits per heavy atom. The number of pyridine rings is 1. The van der Waals surface area contributed by atoms with Crippen molar-refractivity contribution in [2.45, 2.75) is 0 Å². The normalized spacial score (nSPS) is 9.64. The van der Waals surface area contributed by atoms with Gasteiger partial charge in [0.25, 0.3) is 0 Å². The molecule has 14 heavy (non-hydrogen) atoms. The van der Waals surface area contributed by atoms with E-state index in [9.17, 15) is 10.1 Å². The first-order valence-corrected chi connectivity index (χ1v) is 3.61. The van der Waals surface area contributed by atoms with Gasteiger partial charge in [0.05, 0.1) is 7.11 Å². The van der Waals surface area contributed by atoms with E-state index in [1.54, 1.807) is 0 Å². The summed E-state index contributed by atoms with van der Waals surface area (Å²) in [6.07, 6.45) is 0. The van der Waals surface area contributed by atoms with E-state index in [0.717, 1.165) is 6.07 Å². The molecular weight excluding hydrogens is 191 g/mol. The molecule has 1 aromatic heterocycles.